The predicted molar refractivity (Wildman–Crippen MR) is 103 cm³/mol. The first-order valence-corrected chi connectivity index (χ1v) is 9.43. The lowest BCUT2D eigenvalue weighted by Gasteiger charge is -2.32. The van der Waals surface area contributed by atoms with Crippen molar-refractivity contribution in [1.29, 1.82) is 0 Å². The molecule has 1 amide bonds. The van der Waals surface area contributed by atoms with Crippen LogP contribution in [0.3, 0.4) is 0 Å². The largest absolute Gasteiger partial charge is 0.356 e. The highest BCUT2D eigenvalue weighted by molar-refractivity contribution is 5.77. The van der Waals surface area contributed by atoms with E-state index >= 15 is 0 Å². The Morgan fingerprint density at radius 3 is 2.77 bits per heavy atom. The Morgan fingerprint density at radius 2 is 2.04 bits per heavy atom. The number of nitrogens with zero attached hydrogens (tertiary/aromatic N) is 1. The second-order valence-electron chi connectivity index (χ2n) is 8.27. The van der Waals surface area contributed by atoms with E-state index in [1.807, 2.05) is 57.2 Å². The SMILES string of the molecule is CC(C)(C)NC(=O)C[C@H]1CCNC[C@@H]1Cc1cc(-c2ccccc2)on1. The molecule has 1 aromatic carbocycles. The van der Waals surface area contributed by atoms with Crippen LogP contribution < -0.4 is 10.6 Å². The molecule has 1 fully saturated rings. The summed E-state index contributed by atoms with van der Waals surface area (Å²) < 4.78 is 5.52. The number of carbonyl (C=O) groups excluding carboxylic acids is 1. The van der Waals surface area contributed by atoms with E-state index < -0.39 is 0 Å². The molecule has 0 bridgehead atoms. The Labute approximate surface area is 155 Å². The second-order valence-corrected chi connectivity index (χ2v) is 8.27. The lowest BCUT2D eigenvalue weighted by molar-refractivity contribution is -0.124. The molecule has 1 aromatic heterocycles. The fourth-order valence-corrected chi connectivity index (χ4v) is 3.61. The molecule has 1 aliphatic rings. The van der Waals surface area contributed by atoms with Crippen molar-refractivity contribution in [3.63, 3.8) is 0 Å². The van der Waals surface area contributed by atoms with Gasteiger partial charge < -0.3 is 15.2 Å². The molecule has 1 saturated heterocycles. The van der Waals surface area contributed by atoms with Crippen LogP contribution in [0.25, 0.3) is 11.3 Å². The number of rotatable bonds is 5. The van der Waals surface area contributed by atoms with Gasteiger partial charge >= 0.3 is 0 Å². The molecule has 5 heteroatoms. The van der Waals surface area contributed by atoms with Crippen molar-refractivity contribution in [2.75, 3.05) is 13.1 Å². The van der Waals surface area contributed by atoms with E-state index in [1.165, 1.54) is 0 Å². The highest BCUT2D eigenvalue weighted by Crippen LogP contribution is 2.28. The van der Waals surface area contributed by atoms with Crippen molar-refractivity contribution in [3.8, 4) is 11.3 Å². The average Bonchev–Trinajstić information content (AvgIpc) is 3.04. The fourth-order valence-electron chi connectivity index (χ4n) is 3.61. The number of carbonyl (C=O) groups is 1. The predicted octanol–water partition coefficient (Wildman–Crippen LogP) is 3.41. The summed E-state index contributed by atoms with van der Waals surface area (Å²) >= 11 is 0. The van der Waals surface area contributed by atoms with Gasteiger partial charge in [0.15, 0.2) is 5.76 Å². The minimum Gasteiger partial charge on any atom is -0.356 e. The van der Waals surface area contributed by atoms with E-state index in [-0.39, 0.29) is 11.4 Å². The van der Waals surface area contributed by atoms with Crippen LogP contribution in [0.5, 0.6) is 0 Å². The van der Waals surface area contributed by atoms with Crippen molar-refractivity contribution < 1.29 is 9.32 Å². The number of piperidine rings is 1. The van der Waals surface area contributed by atoms with Gasteiger partial charge in [0.2, 0.25) is 5.91 Å². The smallest absolute Gasteiger partial charge is 0.220 e. The zero-order chi connectivity index (χ0) is 18.6. The van der Waals surface area contributed by atoms with E-state index in [1.54, 1.807) is 0 Å². The summed E-state index contributed by atoms with van der Waals surface area (Å²) in [4.78, 5) is 12.3. The third-order valence-corrected chi connectivity index (χ3v) is 4.82. The molecule has 0 spiro atoms. The number of hydrogen-bond donors (Lipinski definition) is 2. The summed E-state index contributed by atoms with van der Waals surface area (Å²) in [7, 11) is 0. The molecule has 2 N–H and O–H groups in total. The number of benzene rings is 1. The van der Waals surface area contributed by atoms with Crippen LogP contribution in [0.15, 0.2) is 40.9 Å². The zero-order valence-electron chi connectivity index (χ0n) is 15.9. The topological polar surface area (TPSA) is 67.2 Å². The van der Waals surface area contributed by atoms with E-state index in [9.17, 15) is 4.79 Å². The zero-order valence-corrected chi connectivity index (χ0v) is 15.9. The van der Waals surface area contributed by atoms with E-state index in [0.717, 1.165) is 42.9 Å². The third-order valence-electron chi connectivity index (χ3n) is 4.82. The summed E-state index contributed by atoms with van der Waals surface area (Å²) in [5.74, 6) is 1.70. The molecule has 0 unspecified atom stereocenters. The summed E-state index contributed by atoms with van der Waals surface area (Å²) in [5, 5.41) is 10.8. The van der Waals surface area contributed by atoms with Gasteiger partial charge in [-0.3, -0.25) is 4.79 Å². The summed E-state index contributed by atoms with van der Waals surface area (Å²) in [5.41, 5.74) is 1.81. The van der Waals surface area contributed by atoms with Gasteiger partial charge in [0.05, 0.1) is 5.69 Å². The molecule has 2 atom stereocenters. The fraction of sp³-hybridized carbons (Fsp3) is 0.524. The Hall–Kier alpha value is -2.14. The third kappa shape index (κ3) is 5.18. The van der Waals surface area contributed by atoms with Gasteiger partial charge in [-0.25, -0.2) is 0 Å². The Kier molecular flexibility index (Phi) is 5.77. The maximum absolute atomic E-state index is 12.3. The van der Waals surface area contributed by atoms with Gasteiger partial charge in [0, 0.05) is 23.6 Å². The summed E-state index contributed by atoms with van der Waals surface area (Å²) in [6, 6.07) is 12.0. The minimum absolute atomic E-state index is 0.138. The van der Waals surface area contributed by atoms with Crippen molar-refractivity contribution >= 4 is 5.91 Å². The molecule has 0 radical (unpaired) electrons. The van der Waals surface area contributed by atoms with Gasteiger partial charge in [-0.05, 0) is 58.5 Å². The molecule has 26 heavy (non-hydrogen) atoms. The molecule has 1 aliphatic heterocycles. The van der Waals surface area contributed by atoms with Gasteiger partial charge in [0.1, 0.15) is 0 Å². The molecule has 2 heterocycles. The van der Waals surface area contributed by atoms with Crippen molar-refractivity contribution in [1.82, 2.24) is 15.8 Å². The van der Waals surface area contributed by atoms with Gasteiger partial charge in [-0.1, -0.05) is 35.5 Å². The molecular formula is C21H29N3O2. The van der Waals surface area contributed by atoms with Crippen molar-refractivity contribution in [3.05, 3.63) is 42.1 Å². The quantitative estimate of drug-likeness (QED) is 0.862. The highest BCUT2D eigenvalue weighted by atomic mass is 16.5. The first kappa shape index (κ1) is 18.6. The molecule has 140 valence electrons. The van der Waals surface area contributed by atoms with E-state index in [4.69, 9.17) is 4.52 Å². The van der Waals surface area contributed by atoms with Gasteiger partial charge in [0.25, 0.3) is 0 Å². The second kappa shape index (κ2) is 8.04. The molecule has 0 aliphatic carbocycles. The maximum atomic E-state index is 12.3. The lowest BCUT2D eigenvalue weighted by atomic mass is 9.81. The number of nitrogens with one attached hydrogen (secondary N) is 2. The summed E-state index contributed by atoms with van der Waals surface area (Å²) in [6.45, 7) is 7.95. The van der Waals surface area contributed by atoms with Crippen LogP contribution in [0, 0.1) is 11.8 Å². The first-order valence-electron chi connectivity index (χ1n) is 9.43. The average molecular weight is 355 g/mol. The maximum Gasteiger partial charge on any atom is 0.220 e. The highest BCUT2D eigenvalue weighted by Gasteiger charge is 2.29. The van der Waals surface area contributed by atoms with Crippen LogP contribution in [-0.4, -0.2) is 29.7 Å². The number of amides is 1. The van der Waals surface area contributed by atoms with Crippen LogP contribution in [0.1, 0.15) is 39.3 Å². The normalized spacial score (nSPS) is 20.7. The Morgan fingerprint density at radius 1 is 1.27 bits per heavy atom. The molecule has 3 rings (SSSR count). The molecule has 2 aromatic rings. The Balaban J connectivity index is 1.63. The monoisotopic (exact) mass is 355 g/mol. The van der Waals surface area contributed by atoms with E-state index in [2.05, 4.69) is 15.8 Å². The molecule has 5 nitrogen and oxygen atoms in total. The van der Waals surface area contributed by atoms with Crippen LogP contribution in [0.2, 0.25) is 0 Å². The van der Waals surface area contributed by atoms with Crippen molar-refractivity contribution in [2.45, 2.75) is 45.6 Å². The molecular weight excluding hydrogens is 326 g/mol. The van der Waals surface area contributed by atoms with Crippen LogP contribution >= 0.6 is 0 Å². The Bertz CT molecular complexity index is 718. The minimum atomic E-state index is -0.184. The first-order chi connectivity index (χ1) is 12.4. The van der Waals surface area contributed by atoms with Crippen LogP contribution in [0.4, 0.5) is 0 Å². The number of hydrogen-bond acceptors (Lipinski definition) is 4. The van der Waals surface area contributed by atoms with Crippen LogP contribution in [-0.2, 0) is 11.2 Å². The summed E-state index contributed by atoms with van der Waals surface area (Å²) in [6.07, 6.45) is 2.43. The van der Waals surface area contributed by atoms with Gasteiger partial charge in [-0.15, -0.1) is 0 Å². The standard InChI is InChI=1S/C21H29N3O2/c1-21(2,3)23-20(25)12-16-9-10-22-14-17(16)11-18-13-19(26-24-18)15-7-5-4-6-8-15/h4-8,13,16-17,22H,9-12,14H2,1-3H3,(H,23,25)/t16-,17+/m1/s1. The van der Waals surface area contributed by atoms with Crippen molar-refractivity contribution in [2.24, 2.45) is 11.8 Å². The number of aromatic nitrogens is 1. The lowest BCUT2D eigenvalue weighted by Crippen LogP contribution is -2.44. The molecule has 0 saturated carbocycles. The van der Waals surface area contributed by atoms with Gasteiger partial charge in [-0.2, -0.15) is 0 Å². The van der Waals surface area contributed by atoms with E-state index in [0.29, 0.717) is 18.3 Å².